The van der Waals surface area contributed by atoms with E-state index in [9.17, 15) is 14.9 Å². The zero-order chi connectivity index (χ0) is 34.7. The number of anilines is 1. The number of halogens is 1. The van der Waals surface area contributed by atoms with Crippen LogP contribution in [0.4, 0.5) is 15.8 Å². The van der Waals surface area contributed by atoms with E-state index in [1.165, 1.54) is 47.4 Å². The summed E-state index contributed by atoms with van der Waals surface area (Å²) in [5.41, 5.74) is 0.835. The largest absolute Gasteiger partial charge is 0.462 e. The molecule has 0 aliphatic carbocycles. The standard InChI is InChI=1S/C38H35FN5O5/c1-3-5-21-42-32-20-17-28(39)22-30(32)38(37(42)46,31(23-40)36(45)49-4-2)35(27-15-18-29(19-16-27)44(47)48)43-25-41(24-26-11-7-6-8-12-26)33-13-9-10-14-34(33)43/h6-20,22,25,35,40H,3-5,21,24H2,1-2H3/q+1. The minimum Gasteiger partial charge on any atom is -0.462 e. The van der Waals surface area contributed by atoms with Gasteiger partial charge in [-0.05, 0) is 72.8 Å². The fourth-order valence-corrected chi connectivity index (χ4v) is 6.90. The van der Waals surface area contributed by atoms with Crippen molar-refractivity contribution < 1.29 is 28.2 Å². The number of nitro groups is 1. The van der Waals surface area contributed by atoms with Crippen LogP contribution in [0.15, 0.2) is 109 Å². The van der Waals surface area contributed by atoms with E-state index in [1.54, 1.807) is 6.92 Å². The molecule has 49 heavy (non-hydrogen) atoms. The van der Waals surface area contributed by atoms with Gasteiger partial charge in [0.1, 0.15) is 17.9 Å². The predicted octanol–water partition coefficient (Wildman–Crippen LogP) is 6.44. The number of esters is 1. The first-order valence-electron chi connectivity index (χ1n) is 16.1. The van der Waals surface area contributed by atoms with Gasteiger partial charge < -0.3 is 9.64 Å². The highest BCUT2D eigenvalue weighted by Gasteiger charge is 2.64. The lowest BCUT2D eigenvalue weighted by Gasteiger charge is -2.35. The number of hydrogen-bond acceptors (Lipinski definition) is 6. The van der Waals surface area contributed by atoms with Gasteiger partial charge in [0, 0.05) is 29.9 Å². The Kier molecular flexibility index (Phi) is 9.20. The number of imidazole rings is 1. The molecule has 0 spiro atoms. The summed E-state index contributed by atoms with van der Waals surface area (Å²) in [5.74, 6) is 0.136. The van der Waals surface area contributed by atoms with Crippen LogP contribution in [-0.4, -0.2) is 40.4 Å². The van der Waals surface area contributed by atoms with E-state index >= 15 is 9.18 Å². The van der Waals surface area contributed by atoms with Crippen LogP contribution in [0.2, 0.25) is 0 Å². The van der Waals surface area contributed by atoms with Gasteiger partial charge in [0.2, 0.25) is 12.2 Å². The second-order valence-corrected chi connectivity index (χ2v) is 11.9. The maximum absolute atomic E-state index is 15.4. The average molecular weight is 661 g/mol. The van der Waals surface area contributed by atoms with Crippen molar-refractivity contribution in [3.63, 3.8) is 0 Å². The molecule has 1 aliphatic heterocycles. The molecular formula is C38H35FN5O5+. The Morgan fingerprint density at radius 2 is 1.76 bits per heavy atom. The normalized spacial score (nSPS) is 15.9. The molecule has 248 valence electrons. The van der Waals surface area contributed by atoms with Gasteiger partial charge >= 0.3 is 5.97 Å². The van der Waals surface area contributed by atoms with Crippen LogP contribution in [0, 0.1) is 21.3 Å². The fourth-order valence-electron chi connectivity index (χ4n) is 6.90. The lowest BCUT2D eigenvalue weighted by molar-refractivity contribution is -0.663. The Morgan fingerprint density at radius 3 is 2.43 bits per heavy atom. The third-order valence-electron chi connectivity index (χ3n) is 9.03. The number of hydrogen-bond donors (Lipinski definition) is 1. The topological polar surface area (TPSA) is 122 Å². The number of nitrogens with one attached hydrogen (secondary N) is 1. The molecule has 2 unspecified atom stereocenters. The van der Waals surface area contributed by atoms with E-state index < -0.39 is 39.6 Å². The quantitative estimate of drug-likeness (QED) is 0.0413. The summed E-state index contributed by atoms with van der Waals surface area (Å²) in [4.78, 5) is 42.0. The first-order valence-corrected chi connectivity index (χ1v) is 16.1. The number of carbonyl (C=O) groups excluding carboxylic acids is 2. The van der Waals surface area contributed by atoms with Gasteiger partial charge in [-0.25, -0.2) is 18.3 Å². The maximum atomic E-state index is 15.4. The molecule has 1 aromatic heterocycles. The van der Waals surface area contributed by atoms with Gasteiger partial charge in [0.05, 0.1) is 11.5 Å². The Bertz CT molecular complexity index is 2110. The van der Waals surface area contributed by atoms with Gasteiger partial charge in [-0.3, -0.25) is 20.3 Å². The van der Waals surface area contributed by atoms with Crippen LogP contribution in [0.3, 0.4) is 0 Å². The van der Waals surface area contributed by atoms with Crippen molar-refractivity contribution in [1.29, 1.82) is 5.41 Å². The monoisotopic (exact) mass is 660 g/mol. The number of benzene rings is 4. The summed E-state index contributed by atoms with van der Waals surface area (Å²) in [6.45, 7) is 4.29. The summed E-state index contributed by atoms with van der Waals surface area (Å²) in [7, 11) is 0. The average Bonchev–Trinajstić information content (AvgIpc) is 3.57. The number of ether oxygens (including phenoxy) is 1. The third-order valence-corrected chi connectivity index (χ3v) is 9.03. The van der Waals surface area contributed by atoms with Crippen molar-refractivity contribution in [2.45, 2.75) is 44.7 Å². The zero-order valence-corrected chi connectivity index (χ0v) is 27.1. The van der Waals surface area contributed by atoms with E-state index in [1.807, 2.05) is 77.0 Å². The van der Waals surface area contributed by atoms with Crippen LogP contribution in [0.25, 0.3) is 11.0 Å². The smallest absolute Gasteiger partial charge is 0.345 e. The molecule has 11 heteroatoms. The van der Waals surface area contributed by atoms with Gasteiger partial charge in [-0.2, -0.15) is 0 Å². The minimum absolute atomic E-state index is 0.0461. The summed E-state index contributed by atoms with van der Waals surface area (Å²) in [5, 5.41) is 20.2. The van der Waals surface area contributed by atoms with E-state index in [2.05, 4.69) is 5.87 Å². The number of para-hydroxylation sites is 2. The molecule has 1 aliphatic rings. The molecule has 10 nitrogen and oxygen atoms in total. The van der Waals surface area contributed by atoms with Gasteiger partial charge in [-0.1, -0.05) is 55.8 Å². The first-order chi connectivity index (χ1) is 23.8. The molecule has 0 saturated carbocycles. The van der Waals surface area contributed by atoms with Gasteiger partial charge in [-0.15, -0.1) is 0 Å². The molecule has 2 atom stereocenters. The Labute approximate surface area is 282 Å². The van der Waals surface area contributed by atoms with Crippen molar-refractivity contribution >= 4 is 40.2 Å². The molecule has 0 saturated heterocycles. The van der Waals surface area contributed by atoms with Crippen molar-refractivity contribution in [2.24, 2.45) is 0 Å². The summed E-state index contributed by atoms with van der Waals surface area (Å²) >= 11 is 0. The second-order valence-electron chi connectivity index (χ2n) is 11.9. The number of non-ortho nitro benzene ring substituents is 1. The fraction of sp³-hybridized carbons (Fsp3) is 0.237. The molecule has 2 heterocycles. The molecule has 1 amide bonds. The molecule has 4 aromatic carbocycles. The van der Waals surface area contributed by atoms with Crippen LogP contribution in [0.5, 0.6) is 0 Å². The van der Waals surface area contributed by atoms with Crippen LogP contribution < -0.4 is 9.47 Å². The number of carbonyl (C=O) groups is 2. The molecule has 0 radical (unpaired) electrons. The van der Waals surface area contributed by atoms with Crippen LogP contribution in [0.1, 0.15) is 49.4 Å². The van der Waals surface area contributed by atoms with E-state index in [4.69, 9.17) is 10.1 Å². The molecule has 0 bridgehead atoms. The number of fused-ring (bicyclic) bond motifs is 2. The zero-order valence-electron chi connectivity index (χ0n) is 27.1. The molecular weight excluding hydrogens is 625 g/mol. The highest BCUT2D eigenvalue weighted by Crippen LogP contribution is 2.55. The SMILES string of the molecule is CCCCN1C(=O)C(C(=C=N)C(=O)OCC)(C(c2ccc([N+](=O)[O-])cc2)n2c[n+](Cc3ccccc3)c3ccccc32)c2cc(F)ccc21. The van der Waals surface area contributed by atoms with Gasteiger partial charge in [0.25, 0.3) is 5.69 Å². The lowest BCUT2D eigenvalue weighted by Crippen LogP contribution is -2.51. The van der Waals surface area contributed by atoms with Crippen LogP contribution >= 0.6 is 0 Å². The number of nitrogens with zero attached hydrogens (tertiary/aromatic N) is 4. The van der Waals surface area contributed by atoms with Gasteiger partial charge in [0.15, 0.2) is 22.5 Å². The summed E-state index contributed by atoms with van der Waals surface area (Å²) in [6.07, 6.45) is 3.21. The maximum Gasteiger partial charge on any atom is 0.345 e. The molecule has 1 N–H and O–H groups in total. The van der Waals surface area contributed by atoms with E-state index in [-0.39, 0.29) is 24.4 Å². The lowest BCUT2D eigenvalue weighted by atomic mass is 9.67. The number of amides is 1. The van der Waals surface area contributed by atoms with Crippen molar-refractivity contribution in [2.75, 3.05) is 18.1 Å². The third kappa shape index (κ3) is 5.68. The minimum atomic E-state index is -2.07. The summed E-state index contributed by atoms with van der Waals surface area (Å²) in [6, 6.07) is 26.0. The number of nitro benzene ring substituents is 1. The highest BCUT2D eigenvalue weighted by molar-refractivity contribution is 6.19. The van der Waals surface area contributed by atoms with E-state index in [0.717, 1.165) is 17.5 Å². The van der Waals surface area contributed by atoms with Crippen molar-refractivity contribution in [3.8, 4) is 0 Å². The van der Waals surface area contributed by atoms with Crippen LogP contribution in [-0.2, 0) is 26.3 Å². The summed E-state index contributed by atoms with van der Waals surface area (Å²) < 4.78 is 24.7. The van der Waals surface area contributed by atoms with E-state index in [0.29, 0.717) is 29.7 Å². The Balaban J connectivity index is 1.74. The van der Waals surface area contributed by atoms with Crippen molar-refractivity contribution in [1.82, 2.24) is 4.57 Å². The van der Waals surface area contributed by atoms with Crippen molar-refractivity contribution in [3.05, 3.63) is 142 Å². The predicted molar refractivity (Wildman–Crippen MR) is 182 cm³/mol. The molecule has 0 fully saturated rings. The number of rotatable bonds is 12. The first kappa shape index (κ1) is 33.0. The second kappa shape index (κ2) is 13.7. The number of unbranched alkanes of at least 4 members (excludes halogenated alkanes) is 1. The Hall–Kier alpha value is -5.93. The highest BCUT2D eigenvalue weighted by atomic mass is 19.1. The molecule has 5 aromatic rings. The number of aromatic nitrogens is 2. The molecule has 6 rings (SSSR count). The Morgan fingerprint density at radius 1 is 1.04 bits per heavy atom.